The molecular formula is C16H23N5O3S. The minimum absolute atomic E-state index is 0.181. The van der Waals surface area contributed by atoms with Crippen LogP contribution in [0.4, 0.5) is 10.5 Å². The van der Waals surface area contributed by atoms with Crippen LogP contribution in [0.3, 0.4) is 0 Å². The molecule has 1 aliphatic heterocycles. The molecule has 9 heteroatoms. The van der Waals surface area contributed by atoms with E-state index in [1.54, 1.807) is 18.7 Å². The maximum Gasteiger partial charge on any atom is 0.319 e. The Labute approximate surface area is 149 Å². The number of hydrogen-bond acceptors (Lipinski definition) is 6. The fraction of sp³-hybridized carbons (Fsp3) is 0.562. The number of carbonyl (C=O) groups excluding carboxylic acids is 1. The number of rotatable bonds is 7. The number of thiazole rings is 1. The number of methoxy groups -OCH3 is 1. The van der Waals surface area contributed by atoms with Crippen LogP contribution in [0.1, 0.15) is 12.8 Å². The first-order chi connectivity index (χ1) is 12.2. The first-order valence-corrected chi connectivity index (χ1v) is 9.26. The normalized spacial score (nSPS) is 17.9. The number of likely N-dealkylation sites (tertiary alicyclic amines) is 1. The van der Waals surface area contributed by atoms with Crippen LogP contribution in [0.5, 0.6) is 0 Å². The molecule has 0 bridgehead atoms. The average Bonchev–Trinajstić information content (AvgIpc) is 3.25. The molecule has 0 radical (unpaired) electrons. The lowest BCUT2D eigenvalue weighted by Crippen LogP contribution is -2.36. The van der Waals surface area contributed by atoms with Crippen LogP contribution < -0.4 is 16.2 Å². The van der Waals surface area contributed by atoms with Crippen LogP contribution >= 0.6 is 11.3 Å². The molecule has 0 spiro atoms. The fourth-order valence-electron chi connectivity index (χ4n) is 3.03. The Morgan fingerprint density at radius 1 is 1.52 bits per heavy atom. The van der Waals surface area contributed by atoms with Crippen LogP contribution in [0.15, 0.2) is 22.6 Å². The van der Waals surface area contributed by atoms with Crippen LogP contribution in [0.2, 0.25) is 0 Å². The number of aromatic nitrogens is 2. The molecule has 1 fully saturated rings. The second kappa shape index (κ2) is 8.41. The summed E-state index contributed by atoms with van der Waals surface area (Å²) < 4.78 is 6.50. The average molecular weight is 365 g/mol. The number of hydrogen-bond donors (Lipinski definition) is 2. The molecule has 1 aliphatic rings. The largest absolute Gasteiger partial charge is 0.385 e. The van der Waals surface area contributed by atoms with Crippen molar-refractivity contribution in [2.75, 3.05) is 45.2 Å². The van der Waals surface area contributed by atoms with Crippen molar-refractivity contribution >= 4 is 28.0 Å². The summed E-state index contributed by atoms with van der Waals surface area (Å²) in [5, 5.41) is 7.24. The summed E-state index contributed by atoms with van der Waals surface area (Å²) in [5.74, 6) is 0.437. The predicted octanol–water partition coefficient (Wildman–Crippen LogP) is 1.24. The molecule has 0 aliphatic carbocycles. The first kappa shape index (κ1) is 17.8. The molecule has 0 aromatic carbocycles. The molecule has 8 nitrogen and oxygen atoms in total. The lowest BCUT2D eigenvalue weighted by Gasteiger charge is -2.16. The van der Waals surface area contributed by atoms with Crippen molar-refractivity contribution in [1.82, 2.24) is 19.6 Å². The van der Waals surface area contributed by atoms with Gasteiger partial charge in [-0.1, -0.05) is 0 Å². The second-order valence-corrected chi connectivity index (χ2v) is 7.04. The SMILES string of the molecule is COCCCN1CC[C@H](CNC(=O)Nc2cnc3sccn3c2=O)C1. The van der Waals surface area contributed by atoms with Crippen LogP contribution in [-0.4, -0.2) is 60.2 Å². The molecule has 2 aromatic heterocycles. The van der Waals surface area contributed by atoms with Crippen molar-refractivity contribution in [1.29, 1.82) is 0 Å². The van der Waals surface area contributed by atoms with Crippen molar-refractivity contribution in [3.63, 3.8) is 0 Å². The van der Waals surface area contributed by atoms with E-state index in [0.29, 0.717) is 17.4 Å². The van der Waals surface area contributed by atoms with Gasteiger partial charge in [0.05, 0.1) is 6.20 Å². The number of anilines is 1. The molecule has 3 rings (SSSR count). The van der Waals surface area contributed by atoms with Crippen molar-refractivity contribution < 1.29 is 9.53 Å². The van der Waals surface area contributed by atoms with Crippen molar-refractivity contribution in [2.45, 2.75) is 12.8 Å². The Morgan fingerprint density at radius 2 is 2.40 bits per heavy atom. The van der Waals surface area contributed by atoms with Crippen molar-refractivity contribution in [3.8, 4) is 0 Å². The molecule has 25 heavy (non-hydrogen) atoms. The van der Waals surface area contributed by atoms with Gasteiger partial charge in [-0.3, -0.25) is 9.20 Å². The van der Waals surface area contributed by atoms with Gasteiger partial charge in [0.2, 0.25) is 0 Å². The van der Waals surface area contributed by atoms with Gasteiger partial charge in [0.15, 0.2) is 4.96 Å². The lowest BCUT2D eigenvalue weighted by molar-refractivity contribution is 0.178. The van der Waals surface area contributed by atoms with E-state index in [2.05, 4.69) is 20.5 Å². The Bertz CT molecular complexity index is 774. The maximum atomic E-state index is 12.2. The molecule has 3 heterocycles. The Kier molecular flexibility index (Phi) is 6.00. The maximum absolute atomic E-state index is 12.2. The Morgan fingerprint density at radius 3 is 3.24 bits per heavy atom. The van der Waals surface area contributed by atoms with Crippen LogP contribution in [0, 0.1) is 5.92 Å². The quantitative estimate of drug-likeness (QED) is 0.721. The third kappa shape index (κ3) is 4.56. The summed E-state index contributed by atoms with van der Waals surface area (Å²) in [4.78, 5) is 31.4. The monoisotopic (exact) mass is 365 g/mol. The van der Waals surface area contributed by atoms with E-state index >= 15 is 0 Å². The summed E-state index contributed by atoms with van der Waals surface area (Å²) in [6.45, 7) is 4.44. The van der Waals surface area contributed by atoms with E-state index in [4.69, 9.17) is 4.74 Å². The molecule has 2 aromatic rings. The van der Waals surface area contributed by atoms with E-state index in [-0.39, 0.29) is 17.3 Å². The molecule has 2 N–H and O–H groups in total. The molecule has 0 unspecified atom stereocenters. The van der Waals surface area contributed by atoms with E-state index in [0.717, 1.165) is 39.1 Å². The summed E-state index contributed by atoms with van der Waals surface area (Å²) in [6.07, 6.45) is 5.15. The molecule has 1 atom stereocenters. The van der Waals surface area contributed by atoms with E-state index < -0.39 is 0 Å². The molecule has 2 amide bonds. The number of nitrogens with one attached hydrogen (secondary N) is 2. The highest BCUT2D eigenvalue weighted by molar-refractivity contribution is 7.15. The van der Waals surface area contributed by atoms with Crippen molar-refractivity contribution in [3.05, 3.63) is 28.1 Å². The summed E-state index contributed by atoms with van der Waals surface area (Å²) >= 11 is 1.37. The molecule has 1 saturated heterocycles. The standard InChI is InChI=1S/C16H23N5O3S/c1-24-7-2-4-20-5-3-12(11-20)9-17-15(23)19-13-10-18-16-21(14(13)22)6-8-25-16/h6,8,10,12H,2-5,7,9,11H2,1H3,(H2,17,19,23)/t12-/m1/s1. The second-order valence-electron chi connectivity index (χ2n) is 6.17. The zero-order valence-electron chi connectivity index (χ0n) is 14.2. The van der Waals surface area contributed by atoms with Crippen LogP contribution in [0.25, 0.3) is 4.96 Å². The van der Waals surface area contributed by atoms with Gasteiger partial charge in [-0.15, -0.1) is 11.3 Å². The van der Waals surface area contributed by atoms with Gasteiger partial charge in [-0.25, -0.2) is 9.78 Å². The van der Waals surface area contributed by atoms with Gasteiger partial charge in [-0.05, 0) is 25.3 Å². The van der Waals surface area contributed by atoms with E-state index in [1.165, 1.54) is 21.9 Å². The summed E-state index contributed by atoms with van der Waals surface area (Å²) in [5.41, 5.74) is -0.0902. The van der Waals surface area contributed by atoms with Gasteiger partial charge in [0, 0.05) is 44.9 Å². The third-order valence-corrected chi connectivity index (χ3v) is 5.11. The molecular weight excluding hydrogens is 342 g/mol. The number of nitrogens with zero attached hydrogens (tertiary/aromatic N) is 3. The van der Waals surface area contributed by atoms with Gasteiger partial charge in [0.1, 0.15) is 5.69 Å². The molecule has 136 valence electrons. The number of amides is 2. The highest BCUT2D eigenvalue weighted by atomic mass is 32.1. The van der Waals surface area contributed by atoms with E-state index in [1.807, 2.05) is 0 Å². The van der Waals surface area contributed by atoms with Gasteiger partial charge in [-0.2, -0.15) is 0 Å². The Balaban J connectivity index is 1.45. The summed E-state index contributed by atoms with van der Waals surface area (Å²) in [6, 6.07) is -0.369. The topological polar surface area (TPSA) is 88.0 Å². The number of carbonyl (C=O) groups is 1. The highest BCUT2D eigenvalue weighted by Gasteiger charge is 2.22. The number of ether oxygens (including phenoxy) is 1. The fourth-order valence-corrected chi connectivity index (χ4v) is 3.70. The third-order valence-electron chi connectivity index (χ3n) is 4.34. The highest BCUT2D eigenvalue weighted by Crippen LogP contribution is 2.15. The number of urea groups is 1. The lowest BCUT2D eigenvalue weighted by atomic mass is 10.1. The first-order valence-electron chi connectivity index (χ1n) is 8.38. The zero-order valence-corrected chi connectivity index (χ0v) is 15.1. The van der Waals surface area contributed by atoms with Crippen LogP contribution in [-0.2, 0) is 4.74 Å². The van der Waals surface area contributed by atoms with Gasteiger partial charge < -0.3 is 20.3 Å². The predicted molar refractivity (Wildman–Crippen MR) is 97.4 cm³/mol. The van der Waals surface area contributed by atoms with E-state index in [9.17, 15) is 9.59 Å². The summed E-state index contributed by atoms with van der Waals surface area (Å²) in [7, 11) is 1.72. The van der Waals surface area contributed by atoms with Gasteiger partial charge in [0.25, 0.3) is 5.56 Å². The van der Waals surface area contributed by atoms with Gasteiger partial charge >= 0.3 is 6.03 Å². The van der Waals surface area contributed by atoms with Crippen molar-refractivity contribution in [2.24, 2.45) is 5.92 Å². The number of fused-ring (bicyclic) bond motifs is 1. The molecule has 0 saturated carbocycles. The minimum Gasteiger partial charge on any atom is -0.385 e. The minimum atomic E-state index is -0.369. The smallest absolute Gasteiger partial charge is 0.319 e. The Hall–Kier alpha value is -1.97. The zero-order chi connectivity index (χ0) is 17.6.